The van der Waals surface area contributed by atoms with Gasteiger partial charge in [-0.15, -0.1) is 0 Å². The van der Waals surface area contributed by atoms with Crippen molar-refractivity contribution in [1.29, 1.82) is 0 Å². The average Bonchev–Trinajstić information content (AvgIpc) is 2.18. The minimum Gasteiger partial charge on any atom is -0.493 e. The van der Waals surface area contributed by atoms with E-state index in [1.807, 2.05) is 6.08 Å². The van der Waals surface area contributed by atoms with Crippen LogP contribution in [0.3, 0.4) is 0 Å². The zero-order chi connectivity index (χ0) is 11.1. The fraction of sp³-hybridized carbons (Fsp3) is 0.545. The largest absolute Gasteiger partial charge is 0.493 e. The van der Waals surface area contributed by atoms with E-state index in [0.717, 1.165) is 24.3 Å². The average molecular weight is 211 g/mol. The van der Waals surface area contributed by atoms with Crippen molar-refractivity contribution in [2.24, 2.45) is 5.73 Å². The topological polar surface area (TPSA) is 61.5 Å². The van der Waals surface area contributed by atoms with Gasteiger partial charge in [0.15, 0.2) is 0 Å². The summed E-state index contributed by atoms with van der Waals surface area (Å²) in [6.45, 7) is 2.54. The molecule has 0 saturated heterocycles. The second-order valence-corrected chi connectivity index (χ2v) is 3.27. The first-order chi connectivity index (χ1) is 7.22. The van der Waals surface area contributed by atoms with Crippen LogP contribution in [-0.2, 0) is 14.3 Å². The van der Waals surface area contributed by atoms with Crippen molar-refractivity contribution in [3.05, 3.63) is 23.6 Å². The Bertz CT molecular complexity index is 282. The van der Waals surface area contributed by atoms with E-state index >= 15 is 0 Å². The van der Waals surface area contributed by atoms with E-state index in [2.05, 4.69) is 0 Å². The van der Waals surface area contributed by atoms with E-state index in [1.165, 1.54) is 0 Å². The van der Waals surface area contributed by atoms with E-state index in [0.29, 0.717) is 13.2 Å². The molecule has 0 aliphatic heterocycles. The van der Waals surface area contributed by atoms with E-state index in [1.54, 1.807) is 13.0 Å². The normalized spacial score (nSPS) is 15.3. The van der Waals surface area contributed by atoms with Crippen molar-refractivity contribution in [1.82, 2.24) is 0 Å². The number of nitrogens with two attached hydrogens (primary N) is 1. The SMILES string of the molecule is CCOC(=O)CCOC1=CCCC(N)=C1. The molecule has 4 nitrogen and oxygen atoms in total. The molecule has 4 heteroatoms. The van der Waals surface area contributed by atoms with Gasteiger partial charge >= 0.3 is 5.97 Å². The lowest BCUT2D eigenvalue weighted by molar-refractivity contribution is -0.143. The predicted molar refractivity (Wildman–Crippen MR) is 56.8 cm³/mol. The van der Waals surface area contributed by atoms with Crippen LogP contribution in [0.25, 0.3) is 0 Å². The lowest BCUT2D eigenvalue weighted by atomic mass is 10.1. The van der Waals surface area contributed by atoms with Crippen LogP contribution in [0.5, 0.6) is 0 Å². The molecule has 1 rings (SSSR count). The molecule has 0 spiro atoms. The number of allylic oxidation sites excluding steroid dienone is 3. The molecule has 0 saturated carbocycles. The number of carbonyl (C=O) groups is 1. The summed E-state index contributed by atoms with van der Waals surface area (Å²) in [6, 6.07) is 0. The van der Waals surface area contributed by atoms with Gasteiger partial charge in [0, 0.05) is 5.70 Å². The molecule has 0 bridgehead atoms. The standard InChI is InChI=1S/C11H17NO3/c1-2-14-11(13)6-7-15-10-5-3-4-9(12)8-10/h5,8H,2-4,6-7,12H2,1H3. The molecule has 2 N–H and O–H groups in total. The summed E-state index contributed by atoms with van der Waals surface area (Å²) in [5.74, 6) is 0.522. The Hall–Kier alpha value is -1.45. The van der Waals surface area contributed by atoms with Crippen LogP contribution >= 0.6 is 0 Å². The van der Waals surface area contributed by atoms with Gasteiger partial charge in [-0.3, -0.25) is 4.79 Å². The molecule has 0 amide bonds. The smallest absolute Gasteiger partial charge is 0.309 e. The number of carbonyl (C=O) groups excluding carboxylic acids is 1. The third kappa shape index (κ3) is 4.54. The third-order valence-electron chi connectivity index (χ3n) is 1.99. The van der Waals surface area contributed by atoms with Gasteiger partial charge in [0.05, 0.1) is 19.6 Å². The fourth-order valence-corrected chi connectivity index (χ4v) is 1.28. The molecule has 1 aliphatic rings. The van der Waals surface area contributed by atoms with E-state index in [4.69, 9.17) is 15.2 Å². The number of hydrogen-bond acceptors (Lipinski definition) is 4. The molecule has 0 unspecified atom stereocenters. The lowest BCUT2D eigenvalue weighted by Crippen LogP contribution is -2.09. The van der Waals surface area contributed by atoms with Crippen molar-refractivity contribution in [3.8, 4) is 0 Å². The molecule has 0 aromatic rings. The molecular formula is C11H17NO3. The minimum absolute atomic E-state index is 0.231. The Balaban J connectivity index is 2.20. The maximum absolute atomic E-state index is 11.0. The van der Waals surface area contributed by atoms with Gasteiger partial charge in [-0.1, -0.05) is 0 Å². The Morgan fingerprint density at radius 1 is 1.60 bits per heavy atom. The van der Waals surface area contributed by atoms with Crippen molar-refractivity contribution in [2.75, 3.05) is 13.2 Å². The zero-order valence-electron chi connectivity index (χ0n) is 8.99. The van der Waals surface area contributed by atoms with E-state index < -0.39 is 0 Å². The van der Waals surface area contributed by atoms with Gasteiger partial charge in [0.2, 0.25) is 0 Å². The summed E-state index contributed by atoms with van der Waals surface area (Å²) < 4.78 is 10.1. The summed E-state index contributed by atoms with van der Waals surface area (Å²) in [4.78, 5) is 11.0. The maximum atomic E-state index is 11.0. The molecule has 0 aromatic heterocycles. The van der Waals surface area contributed by atoms with Crippen molar-refractivity contribution < 1.29 is 14.3 Å². The Morgan fingerprint density at radius 2 is 2.40 bits per heavy atom. The van der Waals surface area contributed by atoms with Crippen LogP contribution in [0.1, 0.15) is 26.2 Å². The predicted octanol–water partition coefficient (Wildman–Crippen LogP) is 1.48. The molecule has 0 aromatic carbocycles. The Labute approximate surface area is 89.7 Å². The Kier molecular flexibility index (Phi) is 4.74. The highest BCUT2D eigenvalue weighted by atomic mass is 16.5. The summed E-state index contributed by atoms with van der Waals surface area (Å²) >= 11 is 0. The second-order valence-electron chi connectivity index (χ2n) is 3.27. The lowest BCUT2D eigenvalue weighted by Gasteiger charge is -2.11. The Morgan fingerprint density at radius 3 is 3.07 bits per heavy atom. The van der Waals surface area contributed by atoms with Crippen LogP contribution in [-0.4, -0.2) is 19.2 Å². The van der Waals surface area contributed by atoms with Gasteiger partial charge in [-0.2, -0.15) is 0 Å². The monoisotopic (exact) mass is 211 g/mol. The number of rotatable bonds is 5. The van der Waals surface area contributed by atoms with Crippen molar-refractivity contribution in [2.45, 2.75) is 26.2 Å². The van der Waals surface area contributed by atoms with Gasteiger partial charge < -0.3 is 15.2 Å². The minimum atomic E-state index is -0.231. The van der Waals surface area contributed by atoms with Crippen LogP contribution < -0.4 is 5.73 Å². The van der Waals surface area contributed by atoms with Crippen LogP contribution in [0.15, 0.2) is 23.6 Å². The van der Waals surface area contributed by atoms with Gasteiger partial charge in [-0.25, -0.2) is 0 Å². The first-order valence-electron chi connectivity index (χ1n) is 5.17. The van der Waals surface area contributed by atoms with Gasteiger partial charge in [0.1, 0.15) is 5.76 Å². The quantitative estimate of drug-likeness (QED) is 0.700. The first kappa shape index (κ1) is 11.6. The summed E-state index contributed by atoms with van der Waals surface area (Å²) in [5, 5.41) is 0. The van der Waals surface area contributed by atoms with Crippen molar-refractivity contribution >= 4 is 5.97 Å². The maximum Gasteiger partial charge on any atom is 0.309 e. The number of esters is 1. The van der Waals surface area contributed by atoms with Gasteiger partial charge in [0.25, 0.3) is 0 Å². The summed E-state index contributed by atoms with van der Waals surface area (Å²) in [7, 11) is 0. The molecule has 0 atom stereocenters. The molecule has 84 valence electrons. The number of hydrogen-bond donors (Lipinski definition) is 1. The molecule has 1 aliphatic carbocycles. The van der Waals surface area contributed by atoms with Crippen LogP contribution in [0, 0.1) is 0 Å². The highest BCUT2D eigenvalue weighted by Crippen LogP contribution is 2.14. The molecular weight excluding hydrogens is 194 g/mol. The molecule has 0 heterocycles. The third-order valence-corrected chi connectivity index (χ3v) is 1.99. The molecule has 0 radical (unpaired) electrons. The van der Waals surface area contributed by atoms with Gasteiger partial charge in [-0.05, 0) is 31.9 Å². The molecule has 0 fully saturated rings. The summed E-state index contributed by atoms with van der Waals surface area (Å²) in [6.07, 6.45) is 5.83. The zero-order valence-corrected chi connectivity index (χ0v) is 8.99. The fourth-order valence-electron chi connectivity index (χ4n) is 1.28. The highest BCUT2D eigenvalue weighted by Gasteiger charge is 2.05. The van der Waals surface area contributed by atoms with E-state index in [9.17, 15) is 4.79 Å². The van der Waals surface area contributed by atoms with E-state index in [-0.39, 0.29) is 12.4 Å². The van der Waals surface area contributed by atoms with Crippen molar-refractivity contribution in [3.63, 3.8) is 0 Å². The first-order valence-corrected chi connectivity index (χ1v) is 5.17. The highest BCUT2D eigenvalue weighted by molar-refractivity contribution is 5.69. The van der Waals surface area contributed by atoms with Crippen LogP contribution in [0.4, 0.5) is 0 Å². The number of ether oxygens (including phenoxy) is 2. The second kappa shape index (κ2) is 6.11. The molecule has 15 heavy (non-hydrogen) atoms. The summed E-state index contributed by atoms with van der Waals surface area (Å²) in [5.41, 5.74) is 6.48. The van der Waals surface area contributed by atoms with Crippen LogP contribution in [0.2, 0.25) is 0 Å².